The lowest BCUT2D eigenvalue weighted by atomic mass is 10.1. The summed E-state index contributed by atoms with van der Waals surface area (Å²) in [6.45, 7) is 0. The maximum absolute atomic E-state index is 13.9. The molecule has 0 radical (unpaired) electrons. The first-order valence-corrected chi connectivity index (χ1v) is 10.3. The third-order valence-electron chi connectivity index (χ3n) is 4.52. The molecular weight excluding hydrogens is 520 g/mol. The standard InChI is InChI=1S/C21H17BrF4N8/c22-17-15(5-11(6-27)7-30-14-4-2-1-3-13(14)23)34-18(19(29)33-10-28)16(17)12-8-31-20(32-9-12)21(24,25)26/h1-4,6-10,27,30,34H,5H2,(H3,28,29,33)/b11-7-,27-6?. The number of aromatic amines is 1. The van der Waals surface area contributed by atoms with Crippen molar-refractivity contribution in [3.05, 3.63) is 75.9 Å². The molecule has 3 rings (SSSR count). The molecule has 2 heterocycles. The zero-order valence-corrected chi connectivity index (χ0v) is 18.8. The molecule has 8 nitrogen and oxygen atoms in total. The molecule has 0 fully saturated rings. The minimum Gasteiger partial charge on any atom is -0.382 e. The van der Waals surface area contributed by atoms with Crippen LogP contribution in [0, 0.1) is 16.6 Å². The van der Waals surface area contributed by atoms with Gasteiger partial charge in [-0.3, -0.25) is 5.41 Å². The van der Waals surface area contributed by atoms with Crippen LogP contribution in [0.3, 0.4) is 0 Å². The fourth-order valence-corrected chi connectivity index (χ4v) is 3.61. The number of rotatable bonds is 8. The van der Waals surface area contributed by atoms with Gasteiger partial charge in [-0.2, -0.15) is 13.2 Å². The number of alkyl halides is 3. The van der Waals surface area contributed by atoms with E-state index in [9.17, 15) is 17.6 Å². The van der Waals surface area contributed by atoms with Crippen LogP contribution < -0.4 is 11.1 Å². The lowest BCUT2D eigenvalue weighted by molar-refractivity contribution is -0.144. The van der Waals surface area contributed by atoms with Crippen LogP contribution in [0.2, 0.25) is 0 Å². The fraction of sp³-hybridized carbons (Fsp3) is 0.0952. The fourth-order valence-electron chi connectivity index (χ4n) is 2.95. The number of hydrogen-bond acceptors (Lipinski definition) is 5. The van der Waals surface area contributed by atoms with E-state index >= 15 is 0 Å². The molecule has 34 heavy (non-hydrogen) atoms. The molecule has 3 aromatic rings. The third-order valence-corrected chi connectivity index (χ3v) is 5.39. The highest BCUT2D eigenvalue weighted by molar-refractivity contribution is 9.10. The van der Waals surface area contributed by atoms with Crippen molar-refractivity contribution < 1.29 is 17.6 Å². The zero-order valence-electron chi connectivity index (χ0n) is 17.2. The van der Waals surface area contributed by atoms with Crippen LogP contribution in [0.5, 0.6) is 0 Å². The smallest absolute Gasteiger partial charge is 0.382 e. The molecular formula is C21H17BrF4N8. The molecule has 13 heteroatoms. The molecule has 1 aromatic carbocycles. The summed E-state index contributed by atoms with van der Waals surface area (Å²) in [5, 5.41) is 17.7. The van der Waals surface area contributed by atoms with Crippen LogP contribution >= 0.6 is 15.9 Å². The number of hydrogen-bond donors (Lipinski definition) is 5. The zero-order chi connectivity index (χ0) is 24.9. The average Bonchev–Trinajstić information content (AvgIpc) is 3.13. The second-order valence-electron chi connectivity index (χ2n) is 6.77. The van der Waals surface area contributed by atoms with Crippen molar-refractivity contribution in [3.8, 4) is 11.1 Å². The molecule has 0 aliphatic carbocycles. The van der Waals surface area contributed by atoms with E-state index in [2.05, 4.69) is 41.2 Å². The lowest BCUT2D eigenvalue weighted by Gasteiger charge is -2.07. The first kappa shape index (κ1) is 24.8. The number of nitrogens with zero attached hydrogens (tertiary/aromatic N) is 3. The van der Waals surface area contributed by atoms with Crippen molar-refractivity contribution in [1.82, 2.24) is 15.0 Å². The second kappa shape index (κ2) is 10.4. The highest BCUT2D eigenvalue weighted by atomic mass is 79.9. The van der Waals surface area contributed by atoms with E-state index in [1.807, 2.05) is 0 Å². The van der Waals surface area contributed by atoms with Gasteiger partial charge in [0.05, 0.1) is 11.4 Å². The van der Waals surface area contributed by atoms with Crippen molar-refractivity contribution in [2.75, 3.05) is 5.32 Å². The molecule has 0 unspecified atom stereocenters. The molecule has 0 amide bonds. The summed E-state index contributed by atoms with van der Waals surface area (Å²) in [6, 6.07) is 6.03. The maximum atomic E-state index is 13.9. The summed E-state index contributed by atoms with van der Waals surface area (Å²) in [4.78, 5) is 13.5. The molecule has 6 N–H and O–H groups in total. The van der Waals surface area contributed by atoms with Crippen molar-refractivity contribution in [3.63, 3.8) is 0 Å². The number of nitrogens with two attached hydrogens (primary N) is 1. The Hall–Kier alpha value is -3.87. The summed E-state index contributed by atoms with van der Waals surface area (Å²) in [7, 11) is 0. The first-order valence-electron chi connectivity index (χ1n) is 9.48. The first-order chi connectivity index (χ1) is 16.2. The van der Waals surface area contributed by atoms with Gasteiger partial charge in [0.1, 0.15) is 18.0 Å². The molecule has 0 saturated heterocycles. The Morgan fingerprint density at radius 1 is 1.21 bits per heavy atom. The van der Waals surface area contributed by atoms with Crippen LogP contribution in [-0.2, 0) is 12.6 Å². The van der Waals surface area contributed by atoms with Crippen LogP contribution in [-0.4, -0.2) is 33.3 Å². The Kier molecular flexibility index (Phi) is 7.56. The van der Waals surface area contributed by atoms with Gasteiger partial charge in [-0.05, 0) is 33.6 Å². The van der Waals surface area contributed by atoms with Crippen molar-refractivity contribution >= 4 is 40.0 Å². The monoisotopic (exact) mass is 536 g/mol. The summed E-state index contributed by atoms with van der Waals surface area (Å²) < 4.78 is 52.8. The molecule has 0 atom stereocenters. The van der Waals surface area contributed by atoms with Crippen molar-refractivity contribution in [2.45, 2.75) is 12.6 Å². The minimum atomic E-state index is -4.70. The van der Waals surface area contributed by atoms with Crippen LogP contribution in [0.4, 0.5) is 23.2 Å². The Labute approximate surface area is 199 Å². The Balaban J connectivity index is 2.01. The summed E-state index contributed by atoms with van der Waals surface area (Å²) in [5.74, 6) is -1.85. The predicted octanol–water partition coefficient (Wildman–Crippen LogP) is 4.89. The van der Waals surface area contributed by atoms with Gasteiger partial charge in [0, 0.05) is 52.5 Å². The van der Waals surface area contributed by atoms with E-state index < -0.39 is 17.8 Å². The summed E-state index contributed by atoms with van der Waals surface area (Å²) in [6.07, 6.45) is 0.683. The molecule has 0 aliphatic rings. The van der Waals surface area contributed by atoms with E-state index in [0.717, 1.165) is 24.9 Å². The maximum Gasteiger partial charge on any atom is 0.451 e. The predicted molar refractivity (Wildman–Crippen MR) is 125 cm³/mol. The van der Waals surface area contributed by atoms with Gasteiger partial charge in [0.15, 0.2) is 0 Å². The Morgan fingerprint density at radius 2 is 1.88 bits per heavy atom. The van der Waals surface area contributed by atoms with Crippen LogP contribution in [0.1, 0.15) is 17.2 Å². The normalized spacial score (nSPS) is 12.5. The van der Waals surface area contributed by atoms with E-state index in [1.54, 1.807) is 12.1 Å². The number of allylic oxidation sites excluding steroid dienone is 1. The van der Waals surface area contributed by atoms with Gasteiger partial charge in [0.25, 0.3) is 0 Å². The number of para-hydroxylation sites is 1. The number of anilines is 1. The largest absolute Gasteiger partial charge is 0.451 e. The van der Waals surface area contributed by atoms with Gasteiger partial charge in [-0.15, -0.1) is 0 Å². The number of amidine groups is 1. The van der Waals surface area contributed by atoms with Crippen LogP contribution in [0.15, 0.2) is 57.9 Å². The van der Waals surface area contributed by atoms with Crippen LogP contribution in [0.25, 0.3) is 11.1 Å². The minimum absolute atomic E-state index is 0.0956. The van der Waals surface area contributed by atoms with Crippen molar-refractivity contribution in [2.24, 2.45) is 10.7 Å². The highest BCUT2D eigenvalue weighted by Crippen LogP contribution is 2.36. The Morgan fingerprint density at radius 3 is 2.47 bits per heavy atom. The molecule has 0 spiro atoms. The second-order valence-corrected chi connectivity index (χ2v) is 7.56. The highest BCUT2D eigenvalue weighted by Gasteiger charge is 2.34. The average molecular weight is 537 g/mol. The molecule has 0 bridgehead atoms. The van der Waals surface area contributed by atoms with Gasteiger partial charge < -0.3 is 21.4 Å². The van der Waals surface area contributed by atoms with Crippen molar-refractivity contribution in [1.29, 1.82) is 10.8 Å². The quantitative estimate of drug-likeness (QED) is 0.159. The number of H-pyrrole nitrogens is 1. The number of halogens is 5. The van der Waals surface area contributed by atoms with E-state index in [1.165, 1.54) is 18.3 Å². The van der Waals surface area contributed by atoms with Gasteiger partial charge in [-0.1, -0.05) is 12.1 Å². The summed E-state index contributed by atoms with van der Waals surface area (Å²) in [5.41, 5.74) is 7.88. The van der Waals surface area contributed by atoms with E-state index in [4.69, 9.17) is 16.6 Å². The third kappa shape index (κ3) is 5.54. The van der Waals surface area contributed by atoms with E-state index in [-0.39, 0.29) is 29.2 Å². The number of aromatic nitrogens is 3. The number of benzene rings is 1. The molecule has 2 aromatic heterocycles. The Bertz CT molecular complexity index is 1260. The lowest BCUT2D eigenvalue weighted by Crippen LogP contribution is -2.15. The van der Waals surface area contributed by atoms with E-state index in [0.29, 0.717) is 21.3 Å². The molecule has 0 aliphatic heterocycles. The van der Waals surface area contributed by atoms with Gasteiger partial charge in [-0.25, -0.2) is 19.4 Å². The van der Waals surface area contributed by atoms with Gasteiger partial charge in [0.2, 0.25) is 5.82 Å². The SMILES string of the molecule is N=C/N=C(/N)c1[nH]c(C/C(C=N)=C/Nc2ccccc2F)c(Br)c1-c1cnc(C(F)(F)F)nc1. The molecule has 176 valence electrons. The topological polar surface area (TPSA) is 140 Å². The summed E-state index contributed by atoms with van der Waals surface area (Å²) >= 11 is 3.42. The number of aliphatic imine (C=N–C) groups is 1. The number of nitrogens with one attached hydrogen (secondary N) is 4. The molecule has 0 saturated carbocycles. The van der Waals surface area contributed by atoms with Gasteiger partial charge >= 0.3 is 6.18 Å².